The van der Waals surface area contributed by atoms with Crippen molar-refractivity contribution in [2.24, 2.45) is 0 Å². The molecule has 0 unspecified atom stereocenters. The summed E-state index contributed by atoms with van der Waals surface area (Å²) < 4.78 is 29.4. The number of nitrogens with zero attached hydrogens (tertiary/aromatic N) is 2. The lowest BCUT2D eigenvalue weighted by Gasteiger charge is -2.35. The van der Waals surface area contributed by atoms with Crippen LogP contribution in [-0.2, 0) is 32.6 Å². The molecule has 0 fully saturated rings. The zero-order valence-electron chi connectivity index (χ0n) is 26.0. The Morgan fingerprint density at radius 3 is 2.02 bits per heavy atom. The van der Waals surface area contributed by atoms with Gasteiger partial charge in [0.15, 0.2) is 0 Å². The van der Waals surface area contributed by atoms with E-state index in [4.69, 9.17) is 34.8 Å². The molecule has 0 heterocycles. The highest BCUT2D eigenvalue weighted by Crippen LogP contribution is 2.31. The molecule has 46 heavy (non-hydrogen) atoms. The number of carbonyl (C=O) groups is 2. The lowest BCUT2D eigenvalue weighted by Crippen LogP contribution is -2.56. The van der Waals surface area contributed by atoms with Gasteiger partial charge in [-0.05, 0) is 80.8 Å². The van der Waals surface area contributed by atoms with Crippen molar-refractivity contribution in [1.29, 1.82) is 0 Å². The Kier molecular flexibility index (Phi) is 11.4. The van der Waals surface area contributed by atoms with E-state index in [2.05, 4.69) is 5.32 Å². The molecule has 0 aliphatic rings. The second-order valence-electron chi connectivity index (χ2n) is 12.0. The molecule has 0 aromatic heterocycles. The van der Waals surface area contributed by atoms with E-state index >= 15 is 0 Å². The normalized spacial score (nSPS) is 12.3. The van der Waals surface area contributed by atoms with Gasteiger partial charge in [-0.25, -0.2) is 8.42 Å². The maximum Gasteiger partial charge on any atom is 0.264 e. The third kappa shape index (κ3) is 9.04. The Morgan fingerprint density at radius 2 is 1.41 bits per heavy atom. The van der Waals surface area contributed by atoms with Crippen LogP contribution in [0.3, 0.4) is 0 Å². The van der Waals surface area contributed by atoms with Gasteiger partial charge in [0.25, 0.3) is 10.0 Å². The maximum atomic E-state index is 14.6. The molecule has 0 bridgehead atoms. The molecule has 4 rings (SSSR count). The van der Waals surface area contributed by atoms with Crippen LogP contribution in [0.1, 0.15) is 37.5 Å². The molecule has 0 saturated carbocycles. The Bertz CT molecular complexity index is 1800. The number of nitrogens with one attached hydrogen (secondary N) is 1. The number of hydrogen-bond donors (Lipinski definition) is 1. The van der Waals surface area contributed by atoms with Crippen molar-refractivity contribution in [2.45, 2.75) is 57.1 Å². The van der Waals surface area contributed by atoms with Gasteiger partial charge in [0.1, 0.15) is 12.6 Å². The molecule has 11 heteroatoms. The maximum absolute atomic E-state index is 14.6. The second kappa shape index (κ2) is 14.9. The predicted octanol–water partition coefficient (Wildman–Crippen LogP) is 7.71. The van der Waals surface area contributed by atoms with Crippen LogP contribution in [0.2, 0.25) is 15.1 Å². The van der Waals surface area contributed by atoms with Crippen molar-refractivity contribution >= 4 is 62.3 Å². The van der Waals surface area contributed by atoms with Gasteiger partial charge in [-0.3, -0.25) is 13.9 Å². The van der Waals surface area contributed by atoms with E-state index in [9.17, 15) is 18.0 Å². The first kappa shape index (κ1) is 35.3. The minimum atomic E-state index is -4.26. The van der Waals surface area contributed by atoms with Gasteiger partial charge in [0.2, 0.25) is 11.8 Å². The van der Waals surface area contributed by atoms with Crippen LogP contribution in [-0.4, -0.2) is 43.3 Å². The van der Waals surface area contributed by atoms with Crippen LogP contribution >= 0.6 is 34.8 Å². The van der Waals surface area contributed by atoms with Crippen LogP contribution in [0.5, 0.6) is 0 Å². The monoisotopic (exact) mass is 699 g/mol. The van der Waals surface area contributed by atoms with Crippen LogP contribution in [0.25, 0.3) is 0 Å². The van der Waals surface area contributed by atoms with Crippen molar-refractivity contribution < 1.29 is 18.0 Å². The van der Waals surface area contributed by atoms with Gasteiger partial charge in [-0.2, -0.15) is 0 Å². The molecule has 4 aromatic carbocycles. The molecular weight excluding hydrogens is 665 g/mol. The van der Waals surface area contributed by atoms with Gasteiger partial charge in [0, 0.05) is 33.6 Å². The van der Waals surface area contributed by atoms with Gasteiger partial charge in [-0.15, -0.1) is 0 Å². The van der Waals surface area contributed by atoms with Gasteiger partial charge in [-0.1, -0.05) is 95.5 Å². The van der Waals surface area contributed by atoms with E-state index in [1.807, 2.05) is 51.1 Å². The number of halogens is 3. The largest absolute Gasteiger partial charge is 0.350 e. The van der Waals surface area contributed by atoms with Crippen LogP contribution in [0.15, 0.2) is 102 Å². The standard InChI is InChI=1S/C35H36Cl3N3O4S/c1-24-15-17-28(37)21-31(24)41(46(44,45)29-13-9-6-10-14-29)23-33(42)40(22-26-16-18-27(36)20-30(26)38)32(34(43)39-35(2,3)4)19-25-11-7-5-8-12-25/h5-18,20-21,32H,19,22-23H2,1-4H3,(H,39,43)/t32-/m1/s1. The Balaban J connectivity index is 1.86. The SMILES string of the molecule is Cc1ccc(Cl)cc1N(CC(=O)N(Cc1ccc(Cl)cc1Cl)[C@H](Cc1ccccc1)C(=O)NC(C)(C)C)S(=O)(=O)c1ccccc1. The molecule has 1 atom stereocenters. The van der Waals surface area contributed by atoms with E-state index in [0.29, 0.717) is 26.2 Å². The summed E-state index contributed by atoms with van der Waals surface area (Å²) in [5.74, 6) is -1.01. The van der Waals surface area contributed by atoms with Crippen LogP contribution < -0.4 is 9.62 Å². The molecule has 0 spiro atoms. The molecule has 7 nitrogen and oxygen atoms in total. The molecule has 0 aliphatic carbocycles. The summed E-state index contributed by atoms with van der Waals surface area (Å²) in [4.78, 5) is 30.0. The fraction of sp³-hybridized carbons (Fsp3) is 0.257. The smallest absolute Gasteiger partial charge is 0.264 e. The lowest BCUT2D eigenvalue weighted by atomic mass is 10.0. The Morgan fingerprint density at radius 1 is 0.826 bits per heavy atom. The predicted molar refractivity (Wildman–Crippen MR) is 186 cm³/mol. The quantitative estimate of drug-likeness (QED) is 0.174. The van der Waals surface area contributed by atoms with E-state index in [-0.39, 0.29) is 23.5 Å². The van der Waals surface area contributed by atoms with E-state index in [1.54, 1.807) is 55.5 Å². The molecular formula is C35H36Cl3N3O4S. The van der Waals surface area contributed by atoms with Crippen molar-refractivity contribution in [3.05, 3.63) is 129 Å². The molecule has 1 N–H and O–H groups in total. The molecule has 4 aromatic rings. The van der Waals surface area contributed by atoms with E-state index in [1.165, 1.54) is 23.1 Å². The van der Waals surface area contributed by atoms with E-state index in [0.717, 1.165) is 9.87 Å². The average Bonchev–Trinajstić information content (AvgIpc) is 3.00. The fourth-order valence-corrected chi connectivity index (χ4v) is 7.05. The summed E-state index contributed by atoms with van der Waals surface area (Å²) in [5.41, 5.74) is 1.58. The number of rotatable bonds is 11. The topological polar surface area (TPSA) is 86.8 Å². The van der Waals surface area contributed by atoms with Gasteiger partial charge < -0.3 is 10.2 Å². The highest BCUT2D eigenvalue weighted by molar-refractivity contribution is 7.92. The summed E-state index contributed by atoms with van der Waals surface area (Å²) in [7, 11) is -4.26. The number of hydrogen-bond acceptors (Lipinski definition) is 4. The average molecular weight is 701 g/mol. The molecule has 0 radical (unpaired) electrons. The van der Waals surface area contributed by atoms with Gasteiger partial charge in [0.05, 0.1) is 10.6 Å². The fourth-order valence-electron chi connectivity index (χ4n) is 4.92. The number of amides is 2. The second-order valence-corrected chi connectivity index (χ2v) is 15.1. The molecule has 242 valence electrons. The lowest BCUT2D eigenvalue weighted by molar-refractivity contribution is -0.140. The third-order valence-corrected chi connectivity index (χ3v) is 9.77. The van der Waals surface area contributed by atoms with Crippen molar-refractivity contribution in [1.82, 2.24) is 10.2 Å². The highest BCUT2D eigenvalue weighted by Gasteiger charge is 2.36. The Hall–Kier alpha value is -3.56. The number of carbonyl (C=O) groups excluding carboxylic acids is 2. The van der Waals surface area contributed by atoms with Crippen molar-refractivity contribution in [3.63, 3.8) is 0 Å². The van der Waals surface area contributed by atoms with Crippen LogP contribution in [0.4, 0.5) is 5.69 Å². The molecule has 0 saturated heterocycles. The van der Waals surface area contributed by atoms with Crippen molar-refractivity contribution in [3.8, 4) is 0 Å². The summed E-state index contributed by atoms with van der Waals surface area (Å²) >= 11 is 19.1. The summed E-state index contributed by atoms with van der Waals surface area (Å²) in [6.07, 6.45) is 0.168. The zero-order valence-corrected chi connectivity index (χ0v) is 29.1. The number of aryl methyl sites for hydroxylation is 1. The highest BCUT2D eigenvalue weighted by atomic mass is 35.5. The van der Waals surface area contributed by atoms with Crippen LogP contribution in [0, 0.1) is 6.92 Å². The summed E-state index contributed by atoms with van der Waals surface area (Å²) in [5, 5.41) is 4.03. The van der Waals surface area contributed by atoms with E-state index < -0.39 is 40.0 Å². The van der Waals surface area contributed by atoms with Gasteiger partial charge >= 0.3 is 0 Å². The molecule has 2 amide bonds. The first-order valence-electron chi connectivity index (χ1n) is 14.6. The van der Waals surface area contributed by atoms with Crippen molar-refractivity contribution in [2.75, 3.05) is 10.8 Å². The summed E-state index contributed by atoms with van der Waals surface area (Å²) in [6, 6.07) is 25.9. The minimum Gasteiger partial charge on any atom is -0.350 e. The Labute approximate surface area is 286 Å². The number of anilines is 1. The zero-order chi connectivity index (χ0) is 33.6. The third-order valence-electron chi connectivity index (χ3n) is 7.18. The summed E-state index contributed by atoms with van der Waals surface area (Å²) in [6.45, 7) is 6.59. The number of benzene rings is 4. The molecule has 0 aliphatic heterocycles. The number of sulfonamides is 1. The minimum absolute atomic E-state index is 0.000724. The first-order chi connectivity index (χ1) is 21.7. The first-order valence-corrected chi connectivity index (χ1v) is 17.2.